The molecular formula is C31H44N6O4. The summed E-state index contributed by atoms with van der Waals surface area (Å²) in [5.74, 6) is -0.461. The van der Waals surface area contributed by atoms with Gasteiger partial charge in [0.1, 0.15) is 11.5 Å². The molecule has 10 nitrogen and oxygen atoms in total. The van der Waals surface area contributed by atoms with Crippen molar-refractivity contribution in [1.29, 1.82) is 0 Å². The molecule has 0 radical (unpaired) electrons. The number of carbonyl (C=O) groups is 1. The lowest BCUT2D eigenvalue weighted by Gasteiger charge is -2.41. The van der Waals surface area contributed by atoms with Crippen LogP contribution in [0.4, 0.5) is 22.7 Å². The van der Waals surface area contributed by atoms with Gasteiger partial charge in [-0.1, -0.05) is 0 Å². The zero-order valence-electron chi connectivity index (χ0n) is 24.9. The zero-order valence-corrected chi connectivity index (χ0v) is 24.9. The number of carbonyl (C=O) groups excluding carboxylic acids is 1. The summed E-state index contributed by atoms with van der Waals surface area (Å²) in [7, 11) is 0. The third kappa shape index (κ3) is 8.64. The molecule has 3 rings (SSSR count). The van der Waals surface area contributed by atoms with Crippen LogP contribution in [0.1, 0.15) is 34.6 Å². The minimum absolute atomic E-state index is 0.155. The van der Waals surface area contributed by atoms with Crippen LogP contribution in [0.15, 0.2) is 76.6 Å². The van der Waals surface area contributed by atoms with E-state index in [0.29, 0.717) is 69.4 Å². The van der Waals surface area contributed by atoms with Crippen LogP contribution >= 0.6 is 0 Å². The van der Waals surface area contributed by atoms with Crippen molar-refractivity contribution in [3.8, 4) is 0 Å². The van der Waals surface area contributed by atoms with Gasteiger partial charge in [0.15, 0.2) is 0 Å². The highest BCUT2D eigenvalue weighted by Crippen LogP contribution is 2.25. The van der Waals surface area contributed by atoms with Gasteiger partial charge in [0.2, 0.25) is 5.78 Å². The Morgan fingerprint density at radius 2 is 1.20 bits per heavy atom. The number of hydrogen-bond donors (Lipinski definition) is 4. The van der Waals surface area contributed by atoms with E-state index in [1.807, 2.05) is 76.2 Å². The van der Waals surface area contributed by atoms with Gasteiger partial charge in [-0.15, -0.1) is 0 Å². The number of nitrogens with zero attached hydrogens (tertiary/aromatic N) is 3. The van der Waals surface area contributed by atoms with E-state index in [9.17, 15) is 20.3 Å². The van der Waals surface area contributed by atoms with E-state index < -0.39 is 0 Å². The maximum absolute atomic E-state index is 12.9. The first kappa shape index (κ1) is 31.8. The molecule has 2 aromatic rings. The topological polar surface area (TPSA) is 132 Å². The van der Waals surface area contributed by atoms with Crippen molar-refractivity contribution in [2.24, 2.45) is 4.99 Å². The summed E-state index contributed by atoms with van der Waals surface area (Å²) in [6.45, 7) is 13.5. The lowest BCUT2D eigenvalue weighted by atomic mass is 9.99. The molecule has 0 spiro atoms. The van der Waals surface area contributed by atoms with Crippen LogP contribution in [0.2, 0.25) is 0 Å². The van der Waals surface area contributed by atoms with E-state index >= 15 is 0 Å². The summed E-state index contributed by atoms with van der Waals surface area (Å²) in [5.41, 5.74) is 3.89. The molecule has 4 N–H and O–H groups in total. The Morgan fingerprint density at radius 3 is 1.66 bits per heavy atom. The number of anilines is 3. The second-order valence-electron chi connectivity index (χ2n) is 10.3. The van der Waals surface area contributed by atoms with Gasteiger partial charge in [-0.05, 0) is 89.2 Å². The van der Waals surface area contributed by atoms with Crippen molar-refractivity contribution in [2.75, 3.05) is 68.3 Å². The Morgan fingerprint density at radius 1 is 0.756 bits per heavy atom. The second kappa shape index (κ2) is 14.3. The van der Waals surface area contributed by atoms with Crippen LogP contribution in [0, 0.1) is 10.4 Å². The van der Waals surface area contributed by atoms with Crippen molar-refractivity contribution >= 4 is 34.2 Å². The van der Waals surface area contributed by atoms with Crippen LogP contribution in [0.25, 0.3) is 0 Å². The number of likely N-dealkylation sites (N-methyl/N-ethyl adjacent to an activating group) is 2. The molecule has 1 aliphatic rings. The molecule has 1 aliphatic carbocycles. The maximum Gasteiger partial charge on any atom is 0.208 e. The zero-order chi connectivity index (χ0) is 30.0. The highest BCUT2D eigenvalue weighted by molar-refractivity contribution is 6.24. The number of Topliss-reactive ketones (excluding diaryl/α,β-unsaturated/α-hetero) is 1. The average Bonchev–Trinajstić information content (AvgIpc) is 2.99. The first-order valence-corrected chi connectivity index (χ1v) is 14.4. The number of quaternary nitrogens is 2. The molecule has 41 heavy (non-hydrogen) atoms. The Balaban J connectivity index is 1.66. The van der Waals surface area contributed by atoms with Gasteiger partial charge in [-0.25, -0.2) is 4.99 Å². The SMILES string of the molecule is CC[N+]([O-])(CC)CCNc1ccc(/N=C2\C=C(Nc3ccc(NCC[N+]([O-])(CC)CC)cc3)C(=O)C(C)=C2O)cc1. The summed E-state index contributed by atoms with van der Waals surface area (Å²) in [5, 5.41) is 45.2. The summed E-state index contributed by atoms with van der Waals surface area (Å²) in [6, 6.07) is 14.9. The summed E-state index contributed by atoms with van der Waals surface area (Å²) in [4.78, 5) is 17.4. The Labute approximate surface area is 243 Å². The molecule has 0 bridgehead atoms. The van der Waals surface area contributed by atoms with Gasteiger partial charge in [-0.3, -0.25) is 4.79 Å². The molecule has 0 unspecified atom stereocenters. The fourth-order valence-electron chi connectivity index (χ4n) is 4.46. The highest BCUT2D eigenvalue weighted by Gasteiger charge is 2.24. The second-order valence-corrected chi connectivity index (χ2v) is 10.3. The molecule has 0 aromatic heterocycles. The van der Waals surface area contributed by atoms with Crippen LogP contribution in [0.3, 0.4) is 0 Å². The Bertz CT molecular complexity index is 1260. The molecule has 0 fully saturated rings. The highest BCUT2D eigenvalue weighted by atomic mass is 16.5. The van der Waals surface area contributed by atoms with Crippen molar-refractivity contribution in [3.63, 3.8) is 0 Å². The predicted octanol–water partition coefficient (Wildman–Crippen LogP) is 5.70. The first-order chi connectivity index (χ1) is 19.5. The van der Waals surface area contributed by atoms with Gasteiger partial charge in [0.05, 0.1) is 63.7 Å². The summed E-state index contributed by atoms with van der Waals surface area (Å²) < 4.78 is -0.457. The van der Waals surface area contributed by atoms with Gasteiger partial charge in [0.25, 0.3) is 0 Å². The van der Waals surface area contributed by atoms with Gasteiger partial charge in [0, 0.05) is 22.6 Å². The molecule has 2 aromatic carbocycles. The van der Waals surface area contributed by atoms with Crippen LogP contribution in [-0.4, -0.2) is 78.3 Å². The monoisotopic (exact) mass is 564 g/mol. The fourth-order valence-corrected chi connectivity index (χ4v) is 4.46. The molecule has 0 saturated heterocycles. The molecule has 0 aliphatic heterocycles. The number of benzene rings is 2. The number of rotatable bonds is 15. The minimum atomic E-state index is -0.307. The standard InChI is InChI=1S/C31H44N6O4/c1-6-36(40,7-2)20-18-32-24-10-14-26(15-11-24)34-28-22-29(31(39)23(5)30(28)38)35-27-16-12-25(13-17-27)33-19-21-37(41,8-3)9-4/h10-17,22,32-34,39H,6-9,18-21H2,1-5H3/b35-29+. The van der Waals surface area contributed by atoms with Gasteiger partial charge >= 0.3 is 0 Å². The first-order valence-electron chi connectivity index (χ1n) is 14.4. The number of hydrogen-bond acceptors (Lipinski definition) is 8. The molecule has 0 saturated carbocycles. The number of ketones is 1. The van der Waals surface area contributed by atoms with Crippen LogP contribution in [-0.2, 0) is 4.79 Å². The quantitative estimate of drug-likeness (QED) is 0.124. The van der Waals surface area contributed by atoms with E-state index in [1.165, 1.54) is 0 Å². The number of aliphatic hydroxyl groups is 1. The van der Waals surface area contributed by atoms with E-state index in [4.69, 9.17) is 0 Å². The summed E-state index contributed by atoms with van der Waals surface area (Å²) >= 11 is 0. The predicted molar refractivity (Wildman–Crippen MR) is 168 cm³/mol. The Hall–Kier alpha value is -3.70. The summed E-state index contributed by atoms with van der Waals surface area (Å²) in [6.07, 6.45) is 1.55. The van der Waals surface area contributed by atoms with E-state index in [-0.39, 0.29) is 32.1 Å². The smallest absolute Gasteiger partial charge is 0.208 e. The fraction of sp³-hybridized carbons (Fsp3) is 0.419. The number of allylic oxidation sites excluding steroid dienone is 2. The molecular weight excluding hydrogens is 520 g/mol. The van der Waals surface area contributed by atoms with Crippen molar-refractivity contribution in [1.82, 2.24) is 0 Å². The van der Waals surface area contributed by atoms with Gasteiger partial charge in [-0.2, -0.15) is 0 Å². The number of nitrogens with one attached hydrogen (secondary N) is 3. The van der Waals surface area contributed by atoms with Crippen LogP contribution in [0.5, 0.6) is 0 Å². The molecule has 10 heteroatoms. The maximum atomic E-state index is 12.9. The van der Waals surface area contributed by atoms with Crippen molar-refractivity contribution in [2.45, 2.75) is 34.6 Å². The van der Waals surface area contributed by atoms with Gasteiger partial charge < -0.3 is 40.8 Å². The van der Waals surface area contributed by atoms with E-state index in [0.717, 1.165) is 11.4 Å². The third-order valence-electron chi connectivity index (χ3n) is 7.75. The number of hydroxylamine groups is 6. The molecule has 0 atom stereocenters. The van der Waals surface area contributed by atoms with E-state index in [2.05, 4.69) is 20.9 Å². The molecule has 0 heterocycles. The third-order valence-corrected chi connectivity index (χ3v) is 7.75. The minimum Gasteiger partial charge on any atom is -0.633 e. The lowest BCUT2D eigenvalue weighted by molar-refractivity contribution is -0.875. The molecule has 222 valence electrons. The van der Waals surface area contributed by atoms with E-state index in [1.54, 1.807) is 13.0 Å². The molecule has 0 amide bonds. The lowest BCUT2D eigenvalue weighted by Crippen LogP contribution is -2.44. The van der Waals surface area contributed by atoms with Crippen molar-refractivity contribution < 1.29 is 19.2 Å². The normalized spacial score (nSPS) is 15.2. The van der Waals surface area contributed by atoms with Crippen molar-refractivity contribution in [3.05, 3.63) is 82.1 Å². The number of aliphatic hydroxyl groups excluding tert-OH is 1. The Kier molecular flexibility index (Phi) is 11.1. The largest absolute Gasteiger partial charge is 0.633 e. The van der Waals surface area contributed by atoms with Crippen LogP contribution < -0.4 is 16.0 Å². The average molecular weight is 565 g/mol. The number of aliphatic imine (C=N–C) groups is 1.